The van der Waals surface area contributed by atoms with E-state index in [9.17, 15) is 13.2 Å². The molecule has 0 aliphatic carbocycles. The van der Waals surface area contributed by atoms with E-state index < -0.39 is 22.5 Å². The number of hydrogen-bond donors (Lipinski definition) is 1. The van der Waals surface area contributed by atoms with Gasteiger partial charge in [0.1, 0.15) is 0 Å². The molecule has 0 unspecified atom stereocenters. The molecule has 0 atom stereocenters. The smallest absolute Gasteiger partial charge is 0.255 e. The minimum absolute atomic E-state index is 0.0800. The van der Waals surface area contributed by atoms with Crippen LogP contribution in [0.2, 0.25) is 10.0 Å². The van der Waals surface area contributed by atoms with E-state index >= 15 is 0 Å². The number of hydrazone groups is 1. The molecule has 0 aliphatic heterocycles. The Morgan fingerprint density at radius 1 is 1.06 bits per heavy atom. The highest BCUT2D eigenvalue weighted by Crippen LogP contribution is 2.28. The maximum absolute atomic E-state index is 13.7. The predicted molar refractivity (Wildman–Crippen MR) is 135 cm³/mol. The fourth-order valence-electron chi connectivity index (χ4n) is 3.59. The van der Waals surface area contributed by atoms with Crippen LogP contribution >= 0.6 is 23.2 Å². The van der Waals surface area contributed by atoms with E-state index in [0.29, 0.717) is 32.4 Å². The van der Waals surface area contributed by atoms with Crippen LogP contribution in [-0.4, -0.2) is 36.4 Å². The Morgan fingerprint density at radius 2 is 1.76 bits per heavy atom. The Bertz CT molecular complexity index is 1310. The molecule has 0 spiro atoms. The molecule has 0 radical (unpaired) electrons. The third kappa shape index (κ3) is 6.42. The van der Waals surface area contributed by atoms with Crippen molar-refractivity contribution in [1.82, 2.24) is 14.7 Å². The third-order valence-electron chi connectivity index (χ3n) is 4.94. The molecule has 1 N–H and O–H groups in total. The first-order chi connectivity index (χ1) is 16.1. The van der Waals surface area contributed by atoms with Gasteiger partial charge in [-0.2, -0.15) is 9.41 Å². The summed E-state index contributed by atoms with van der Waals surface area (Å²) in [5.74, 6) is -0.599. The fraction of sp³-hybridized carbons (Fsp3) is 0.208. The minimum atomic E-state index is -4.04. The van der Waals surface area contributed by atoms with Gasteiger partial charge in [-0.15, -0.1) is 0 Å². The van der Waals surface area contributed by atoms with E-state index in [1.807, 2.05) is 6.92 Å². The normalized spacial score (nSPS) is 11.8. The second-order valence-electron chi connectivity index (χ2n) is 7.80. The molecule has 3 rings (SSSR count). The Hall–Kier alpha value is -2.78. The Morgan fingerprint density at radius 3 is 2.38 bits per heavy atom. The van der Waals surface area contributed by atoms with Crippen molar-refractivity contribution < 1.29 is 13.2 Å². The van der Waals surface area contributed by atoms with E-state index in [0.717, 1.165) is 9.87 Å². The Kier molecular flexibility index (Phi) is 8.43. The molecule has 0 saturated carbocycles. The van der Waals surface area contributed by atoms with Crippen molar-refractivity contribution in [2.75, 3.05) is 6.54 Å². The number of sulfonamides is 1. The molecule has 0 fully saturated rings. The topological polar surface area (TPSA) is 91.7 Å². The summed E-state index contributed by atoms with van der Waals surface area (Å²) in [6.07, 6.45) is 2.98. The number of nitrogens with one attached hydrogen (secondary N) is 1. The lowest BCUT2D eigenvalue weighted by molar-refractivity contribution is -0.121. The lowest BCUT2D eigenvalue weighted by Crippen LogP contribution is -2.39. The van der Waals surface area contributed by atoms with Gasteiger partial charge in [0.25, 0.3) is 5.91 Å². The quantitative estimate of drug-likeness (QED) is 0.346. The summed E-state index contributed by atoms with van der Waals surface area (Å²) < 4.78 is 28.5. The second-order valence-corrected chi connectivity index (χ2v) is 10.5. The van der Waals surface area contributed by atoms with E-state index in [1.54, 1.807) is 68.6 Å². The Balaban J connectivity index is 1.91. The predicted octanol–water partition coefficient (Wildman–Crippen LogP) is 4.65. The molecule has 0 aliphatic rings. The number of halogens is 2. The zero-order valence-electron chi connectivity index (χ0n) is 18.9. The molecular formula is C24H24Cl2N4O3S. The van der Waals surface area contributed by atoms with E-state index in [1.165, 1.54) is 6.21 Å². The van der Waals surface area contributed by atoms with Gasteiger partial charge in [0.2, 0.25) is 10.0 Å². The average Bonchev–Trinajstić information content (AvgIpc) is 2.75. The maximum atomic E-state index is 13.7. The van der Waals surface area contributed by atoms with Crippen LogP contribution in [-0.2, 0) is 21.4 Å². The highest BCUT2D eigenvalue weighted by Gasteiger charge is 2.30. The molecule has 7 nitrogen and oxygen atoms in total. The summed E-state index contributed by atoms with van der Waals surface area (Å²) >= 11 is 12.1. The van der Waals surface area contributed by atoms with E-state index in [-0.39, 0.29) is 11.4 Å². The Labute approximate surface area is 209 Å². The summed E-state index contributed by atoms with van der Waals surface area (Å²) in [6, 6.07) is 13.7. The number of nitrogens with zero attached hydrogens (tertiary/aromatic N) is 3. The highest BCUT2D eigenvalue weighted by atomic mass is 35.5. The molecule has 178 valence electrons. The summed E-state index contributed by atoms with van der Waals surface area (Å²) in [5.41, 5.74) is 5.66. The van der Waals surface area contributed by atoms with Crippen LogP contribution in [0, 0.1) is 20.8 Å². The highest BCUT2D eigenvalue weighted by molar-refractivity contribution is 7.89. The largest absolute Gasteiger partial charge is 0.272 e. The van der Waals surface area contributed by atoms with E-state index in [4.69, 9.17) is 23.2 Å². The number of carbonyl (C=O) groups excluding carboxylic acids is 1. The van der Waals surface area contributed by atoms with Gasteiger partial charge in [-0.05, 0) is 61.7 Å². The standard InChI is InChI=1S/C24H24Cl2N4O3S/c1-16-10-17(2)24(18(3)11-16)34(32,33)30(14-19-7-8-21(25)22(26)12-19)15-23(31)29-28-13-20-6-4-5-9-27-20/h4-13H,14-15H2,1-3H3,(H,29,31)/b28-13+. The number of aryl methyl sites for hydroxylation is 3. The maximum Gasteiger partial charge on any atom is 0.255 e. The van der Waals surface area contributed by atoms with Gasteiger partial charge >= 0.3 is 0 Å². The molecule has 2 aromatic carbocycles. The molecule has 34 heavy (non-hydrogen) atoms. The molecule has 3 aromatic rings. The first kappa shape index (κ1) is 25.8. The van der Waals surface area contributed by atoms with Crippen molar-refractivity contribution in [3.8, 4) is 0 Å². The fourth-order valence-corrected chi connectivity index (χ4v) is 5.71. The zero-order valence-corrected chi connectivity index (χ0v) is 21.2. The van der Waals surface area contributed by atoms with Crippen molar-refractivity contribution in [1.29, 1.82) is 0 Å². The molecule has 0 saturated heterocycles. The third-order valence-corrected chi connectivity index (χ3v) is 7.78. The molecule has 10 heteroatoms. The SMILES string of the molecule is Cc1cc(C)c(S(=O)(=O)N(CC(=O)N/N=C/c2ccccn2)Cc2ccc(Cl)c(Cl)c2)c(C)c1. The summed E-state index contributed by atoms with van der Waals surface area (Å²) in [5, 5.41) is 4.53. The van der Waals surface area contributed by atoms with Gasteiger partial charge in [-0.3, -0.25) is 9.78 Å². The van der Waals surface area contributed by atoms with Crippen molar-refractivity contribution in [2.24, 2.45) is 5.10 Å². The van der Waals surface area contributed by atoms with Crippen molar-refractivity contribution >= 4 is 45.3 Å². The molecule has 1 heterocycles. The average molecular weight is 519 g/mol. The first-order valence-electron chi connectivity index (χ1n) is 10.3. The number of hydrogen-bond acceptors (Lipinski definition) is 5. The zero-order chi connectivity index (χ0) is 24.9. The van der Waals surface area contributed by atoms with Gasteiger partial charge < -0.3 is 0 Å². The number of amides is 1. The van der Waals surface area contributed by atoms with Gasteiger partial charge in [-0.25, -0.2) is 13.8 Å². The number of rotatable bonds is 8. The molecule has 1 amide bonds. The molecular weight excluding hydrogens is 495 g/mol. The summed E-state index contributed by atoms with van der Waals surface area (Å²) in [6.45, 7) is 4.85. The lowest BCUT2D eigenvalue weighted by atomic mass is 10.1. The van der Waals surface area contributed by atoms with Gasteiger partial charge in [-0.1, -0.05) is 53.0 Å². The summed E-state index contributed by atoms with van der Waals surface area (Å²) in [4.78, 5) is 16.9. The summed E-state index contributed by atoms with van der Waals surface area (Å²) in [7, 11) is -4.04. The van der Waals surface area contributed by atoms with Crippen molar-refractivity contribution in [3.05, 3.63) is 92.7 Å². The number of pyridine rings is 1. The molecule has 1 aromatic heterocycles. The number of aromatic nitrogens is 1. The number of carbonyl (C=O) groups is 1. The number of benzene rings is 2. The van der Waals surface area contributed by atoms with Crippen LogP contribution in [0.1, 0.15) is 27.9 Å². The minimum Gasteiger partial charge on any atom is -0.272 e. The molecule has 0 bridgehead atoms. The van der Waals surface area contributed by atoms with Crippen LogP contribution in [0.4, 0.5) is 0 Å². The van der Waals surface area contributed by atoms with Gasteiger partial charge in [0.15, 0.2) is 0 Å². The first-order valence-corrected chi connectivity index (χ1v) is 12.5. The van der Waals surface area contributed by atoms with Crippen LogP contribution in [0.15, 0.2) is 64.7 Å². The van der Waals surface area contributed by atoms with Gasteiger partial charge in [0, 0.05) is 12.7 Å². The van der Waals surface area contributed by atoms with Crippen LogP contribution in [0.3, 0.4) is 0 Å². The van der Waals surface area contributed by atoms with Crippen molar-refractivity contribution in [3.63, 3.8) is 0 Å². The van der Waals surface area contributed by atoms with Crippen LogP contribution in [0.5, 0.6) is 0 Å². The van der Waals surface area contributed by atoms with Crippen molar-refractivity contribution in [2.45, 2.75) is 32.2 Å². The second kappa shape index (κ2) is 11.1. The van der Waals surface area contributed by atoms with Crippen LogP contribution < -0.4 is 5.43 Å². The lowest BCUT2D eigenvalue weighted by Gasteiger charge is -2.24. The van der Waals surface area contributed by atoms with Crippen LogP contribution in [0.25, 0.3) is 0 Å². The van der Waals surface area contributed by atoms with E-state index in [2.05, 4.69) is 15.5 Å². The monoisotopic (exact) mass is 518 g/mol. The van der Waals surface area contributed by atoms with Gasteiger partial charge in [0.05, 0.1) is 33.4 Å².